The van der Waals surface area contributed by atoms with Gasteiger partial charge in [-0.15, -0.1) is 11.3 Å². The number of rotatable bonds is 1. The Kier molecular flexibility index (Phi) is 2.03. The molecule has 2 rings (SSSR count). The number of anilines is 2. The van der Waals surface area contributed by atoms with Crippen LogP contribution in [0.15, 0.2) is 18.2 Å². The van der Waals surface area contributed by atoms with E-state index in [0.29, 0.717) is 15.8 Å². The van der Waals surface area contributed by atoms with Crippen LogP contribution in [0.2, 0.25) is 0 Å². The van der Waals surface area contributed by atoms with Crippen molar-refractivity contribution in [2.75, 3.05) is 11.5 Å². The lowest BCUT2D eigenvalue weighted by atomic mass is 10.1. The summed E-state index contributed by atoms with van der Waals surface area (Å²) in [6, 6.07) is 5.06. The molecule has 0 aliphatic rings. The van der Waals surface area contributed by atoms with Crippen molar-refractivity contribution < 1.29 is 8.78 Å². The molecule has 0 fully saturated rings. The quantitative estimate of drug-likeness (QED) is 0.717. The van der Waals surface area contributed by atoms with Crippen molar-refractivity contribution in [1.29, 1.82) is 0 Å². The molecule has 0 spiro atoms. The molecule has 1 heterocycles. The van der Waals surface area contributed by atoms with Crippen molar-refractivity contribution in [1.82, 2.24) is 0 Å². The van der Waals surface area contributed by atoms with Crippen LogP contribution in [0.25, 0.3) is 10.1 Å². The average molecular weight is 214 g/mol. The van der Waals surface area contributed by atoms with Gasteiger partial charge in [-0.25, -0.2) is 8.78 Å². The highest BCUT2D eigenvalue weighted by Gasteiger charge is 2.19. The molecular weight excluding hydrogens is 206 g/mol. The normalized spacial score (nSPS) is 11.4. The number of benzene rings is 1. The van der Waals surface area contributed by atoms with E-state index in [9.17, 15) is 8.78 Å². The van der Waals surface area contributed by atoms with Gasteiger partial charge in [-0.1, -0.05) is 6.07 Å². The second-order valence-electron chi connectivity index (χ2n) is 2.90. The Balaban J connectivity index is 2.86. The Hall–Kier alpha value is -1.36. The number of halogens is 2. The van der Waals surface area contributed by atoms with Gasteiger partial charge in [-0.3, -0.25) is 0 Å². The van der Waals surface area contributed by atoms with Crippen molar-refractivity contribution in [3.8, 4) is 0 Å². The molecule has 0 saturated carbocycles. The fourth-order valence-corrected chi connectivity index (χ4v) is 2.45. The summed E-state index contributed by atoms with van der Waals surface area (Å²) in [7, 11) is 0. The maximum Gasteiger partial charge on any atom is 0.267 e. The van der Waals surface area contributed by atoms with Gasteiger partial charge in [0.25, 0.3) is 6.43 Å². The third kappa shape index (κ3) is 1.21. The summed E-state index contributed by atoms with van der Waals surface area (Å²) in [5.41, 5.74) is 11.3. The molecule has 1 aromatic carbocycles. The maximum absolute atomic E-state index is 12.6. The van der Waals surface area contributed by atoms with E-state index >= 15 is 0 Å². The molecule has 2 nitrogen and oxygen atoms in total. The van der Waals surface area contributed by atoms with E-state index in [4.69, 9.17) is 11.5 Å². The predicted octanol–water partition coefficient (Wildman–Crippen LogP) is 3.00. The molecule has 0 aliphatic heterocycles. The molecule has 0 atom stereocenters. The monoisotopic (exact) mass is 214 g/mol. The number of thiophene rings is 1. The van der Waals surface area contributed by atoms with Gasteiger partial charge in [0.05, 0.1) is 10.6 Å². The van der Waals surface area contributed by atoms with Crippen LogP contribution in [-0.2, 0) is 0 Å². The van der Waals surface area contributed by atoms with Crippen molar-refractivity contribution in [3.63, 3.8) is 0 Å². The number of alkyl halides is 2. The fraction of sp³-hybridized carbons (Fsp3) is 0.111. The summed E-state index contributed by atoms with van der Waals surface area (Å²) in [4.78, 5) is 0. The third-order valence-corrected chi connectivity index (χ3v) is 3.03. The predicted molar refractivity (Wildman–Crippen MR) is 55.6 cm³/mol. The maximum atomic E-state index is 12.6. The Morgan fingerprint density at radius 2 is 1.93 bits per heavy atom. The zero-order valence-corrected chi connectivity index (χ0v) is 7.94. The summed E-state index contributed by atoms with van der Waals surface area (Å²) in [5.74, 6) is 0. The SMILES string of the molecule is Nc1sc2cccc(N)c2c1C(F)F. The summed E-state index contributed by atoms with van der Waals surface area (Å²) in [6.07, 6.45) is -2.58. The van der Waals surface area contributed by atoms with Crippen molar-refractivity contribution in [2.45, 2.75) is 6.43 Å². The second kappa shape index (κ2) is 3.09. The lowest BCUT2D eigenvalue weighted by Gasteiger charge is -2.01. The lowest BCUT2D eigenvalue weighted by molar-refractivity contribution is 0.154. The van der Waals surface area contributed by atoms with Crippen molar-refractivity contribution in [3.05, 3.63) is 23.8 Å². The van der Waals surface area contributed by atoms with Gasteiger partial charge >= 0.3 is 0 Å². The number of fused-ring (bicyclic) bond motifs is 1. The Morgan fingerprint density at radius 3 is 2.57 bits per heavy atom. The topological polar surface area (TPSA) is 52.0 Å². The molecule has 0 saturated heterocycles. The Labute approximate surface area is 83.1 Å². The lowest BCUT2D eigenvalue weighted by Crippen LogP contribution is -1.92. The summed E-state index contributed by atoms with van der Waals surface area (Å²) >= 11 is 1.14. The van der Waals surface area contributed by atoms with Gasteiger partial charge in [0.2, 0.25) is 0 Å². The molecular formula is C9H8F2N2S. The van der Waals surface area contributed by atoms with Crippen LogP contribution in [0.5, 0.6) is 0 Å². The van der Waals surface area contributed by atoms with E-state index in [2.05, 4.69) is 0 Å². The van der Waals surface area contributed by atoms with Gasteiger partial charge < -0.3 is 11.5 Å². The first kappa shape index (κ1) is 9.21. The largest absolute Gasteiger partial charge is 0.398 e. The molecule has 14 heavy (non-hydrogen) atoms. The average Bonchev–Trinajstić information content (AvgIpc) is 2.42. The van der Waals surface area contributed by atoms with Crippen LogP contribution < -0.4 is 11.5 Å². The van der Waals surface area contributed by atoms with Gasteiger partial charge in [0, 0.05) is 15.8 Å². The van der Waals surface area contributed by atoms with Crippen molar-refractivity contribution in [2.24, 2.45) is 0 Å². The Morgan fingerprint density at radius 1 is 1.21 bits per heavy atom. The molecule has 1 aromatic heterocycles. The highest BCUT2D eigenvalue weighted by Crippen LogP contribution is 2.41. The highest BCUT2D eigenvalue weighted by atomic mass is 32.1. The number of hydrogen-bond acceptors (Lipinski definition) is 3. The minimum Gasteiger partial charge on any atom is -0.398 e. The second-order valence-corrected chi connectivity index (χ2v) is 3.98. The van der Waals surface area contributed by atoms with E-state index in [-0.39, 0.29) is 10.6 Å². The van der Waals surface area contributed by atoms with Crippen LogP contribution in [0, 0.1) is 0 Å². The molecule has 0 amide bonds. The van der Waals surface area contributed by atoms with E-state index in [1.807, 2.05) is 0 Å². The first-order valence-corrected chi connectivity index (χ1v) is 4.77. The molecule has 0 radical (unpaired) electrons. The van der Waals surface area contributed by atoms with Gasteiger partial charge in [-0.2, -0.15) is 0 Å². The molecule has 0 bridgehead atoms. The summed E-state index contributed by atoms with van der Waals surface area (Å²) in [6.45, 7) is 0. The highest BCUT2D eigenvalue weighted by molar-refractivity contribution is 7.23. The van der Waals surface area contributed by atoms with E-state index in [1.54, 1.807) is 18.2 Å². The summed E-state index contributed by atoms with van der Waals surface area (Å²) < 4.78 is 26.0. The first-order valence-electron chi connectivity index (χ1n) is 3.95. The van der Waals surface area contributed by atoms with Crippen molar-refractivity contribution >= 4 is 32.1 Å². The molecule has 4 N–H and O–H groups in total. The van der Waals surface area contributed by atoms with Gasteiger partial charge in [-0.05, 0) is 12.1 Å². The van der Waals surface area contributed by atoms with E-state index < -0.39 is 6.43 Å². The van der Waals surface area contributed by atoms with E-state index in [1.165, 1.54) is 0 Å². The van der Waals surface area contributed by atoms with Crippen LogP contribution in [-0.4, -0.2) is 0 Å². The number of nitrogen functional groups attached to an aromatic ring is 2. The van der Waals surface area contributed by atoms with Crippen LogP contribution in [0.4, 0.5) is 19.5 Å². The number of nitrogens with two attached hydrogens (primary N) is 2. The molecule has 2 aromatic rings. The molecule has 0 unspecified atom stereocenters. The minimum absolute atomic E-state index is 0.136. The van der Waals surface area contributed by atoms with Gasteiger partial charge in [0.1, 0.15) is 0 Å². The fourth-order valence-electron chi connectivity index (χ4n) is 1.43. The van der Waals surface area contributed by atoms with Crippen LogP contribution in [0.3, 0.4) is 0 Å². The van der Waals surface area contributed by atoms with Crippen LogP contribution >= 0.6 is 11.3 Å². The third-order valence-electron chi connectivity index (χ3n) is 2.03. The standard InChI is InChI=1S/C9H8F2N2S/c10-8(11)7-6-4(12)2-1-3-5(6)14-9(7)13/h1-3,8H,12-13H2. The molecule has 0 aliphatic carbocycles. The molecule has 74 valence electrons. The molecule has 5 heteroatoms. The zero-order valence-electron chi connectivity index (χ0n) is 7.13. The van der Waals surface area contributed by atoms with Crippen LogP contribution in [0.1, 0.15) is 12.0 Å². The van der Waals surface area contributed by atoms with Gasteiger partial charge in [0.15, 0.2) is 0 Å². The number of hydrogen-bond donors (Lipinski definition) is 2. The zero-order chi connectivity index (χ0) is 10.3. The Bertz CT molecular complexity index is 479. The smallest absolute Gasteiger partial charge is 0.267 e. The first-order chi connectivity index (χ1) is 6.61. The minimum atomic E-state index is -2.58. The van der Waals surface area contributed by atoms with E-state index in [0.717, 1.165) is 11.3 Å². The summed E-state index contributed by atoms with van der Waals surface area (Å²) in [5, 5.41) is 0.540.